The Morgan fingerprint density at radius 2 is 2.08 bits per heavy atom. The van der Waals surface area contributed by atoms with E-state index in [4.69, 9.17) is 26.0 Å². The number of benzene rings is 2. The molecule has 7 rings (SSSR count). The third kappa shape index (κ3) is 3.39. The maximum Gasteiger partial charge on any atom is 0.225 e. The molecular formula is C28H24ClFN6O. The maximum absolute atomic E-state index is 14.7. The summed E-state index contributed by atoms with van der Waals surface area (Å²) in [6.45, 7) is 3.87. The van der Waals surface area contributed by atoms with Crippen LogP contribution in [-0.4, -0.2) is 38.2 Å². The number of aromatic amines is 1. The summed E-state index contributed by atoms with van der Waals surface area (Å²) < 4.78 is 20.1. The van der Waals surface area contributed by atoms with Crippen molar-refractivity contribution < 1.29 is 8.81 Å². The zero-order valence-corrected chi connectivity index (χ0v) is 20.9. The van der Waals surface area contributed by atoms with Gasteiger partial charge in [0, 0.05) is 29.6 Å². The maximum atomic E-state index is 14.7. The van der Waals surface area contributed by atoms with Crippen LogP contribution < -0.4 is 4.90 Å². The Hall–Kier alpha value is -3.78. The van der Waals surface area contributed by atoms with E-state index in [1.54, 1.807) is 24.5 Å². The molecule has 7 nitrogen and oxygen atoms in total. The quantitative estimate of drug-likeness (QED) is 0.297. The van der Waals surface area contributed by atoms with Gasteiger partial charge in [-0.15, -0.1) is 0 Å². The van der Waals surface area contributed by atoms with Gasteiger partial charge in [-0.2, -0.15) is 5.10 Å². The lowest BCUT2D eigenvalue weighted by atomic mass is 9.88. The second-order valence-electron chi connectivity index (χ2n) is 9.85. The normalized spacial score (nSPS) is 22.8. The van der Waals surface area contributed by atoms with Crippen LogP contribution in [0.15, 0.2) is 65.5 Å². The highest BCUT2D eigenvalue weighted by atomic mass is 35.5. The minimum Gasteiger partial charge on any atom is -0.445 e. The molecule has 2 fully saturated rings. The first-order valence-electron chi connectivity index (χ1n) is 12.5. The van der Waals surface area contributed by atoms with E-state index < -0.39 is 0 Å². The molecule has 37 heavy (non-hydrogen) atoms. The van der Waals surface area contributed by atoms with Gasteiger partial charge in [-0.1, -0.05) is 42.8 Å². The van der Waals surface area contributed by atoms with Crippen LogP contribution in [0.1, 0.15) is 25.3 Å². The van der Waals surface area contributed by atoms with Gasteiger partial charge in [-0.05, 0) is 48.4 Å². The van der Waals surface area contributed by atoms with Crippen molar-refractivity contribution in [2.75, 3.05) is 18.0 Å². The third-order valence-electron chi connectivity index (χ3n) is 8.28. The van der Waals surface area contributed by atoms with E-state index in [0.29, 0.717) is 39.6 Å². The van der Waals surface area contributed by atoms with Gasteiger partial charge in [0.25, 0.3) is 0 Å². The number of halogens is 2. The molecule has 1 saturated carbocycles. The van der Waals surface area contributed by atoms with Crippen LogP contribution in [0.3, 0.4) is 0 Å². The monoisotopic (exact) mass is 514 g/mol. The number of aromatic nitrogens is 5. The van der Waals surface area contributed by atoms with Gasteiger partial charge in [-0.25, -0.2) is 19.3 Å². The summed E-state index contributed by atoms with van der Waals surface area (Å²) in [6, 6.07) is 12.9. The lowest BCUT2D eigenvalue weighted by Crippen LogP contribution is -2.32. The van der Waals surface area contributed by atoms with E-state index in [2.05, 4.69) is 27.0 Å². The number of fused-ring (bicyclic) bond motifs is 2. The van der Waals surface area contributed by atoms with Gasteiger partial charge in [0.15, 0.2) is 0 Å². The number of oxazole rings is 1. The van der Waals surface area contributed by atoms with Crippen LogP contribution in [0.4, 0.5) is 10.2 Å². The molecule has 3 atom stereocenters. The van der Waals surface area contributed by atoms with Crippen molar-refractivity contribution in [2.45, 2.75) is 25.2 Å². The van der Waals surface area contributed by atoms with Crippen LogP contribution in [0, 0.1) is 17.7 Å². The molecule has 0 amide bonds. The lowest BCUT2D eigenvalue weighted by molar-refractivity contribution is 0.516. The summed E-state index contributed by atoms with van der Waals surface area (Å²) in [5.74, 6) is 2.11. The van der Waals surface area contributed by atoms with Crippen LogP contribution in [0.25, 0.3) is 33.9 Å². The number of rotatable bonds is 5. The summed E-state index contributed by atoms with van der Waals surface area (Å²) in [4.78, 5) is 16.0. The van der Waals surface area contributed by atoms with Gasteiger partial charge >= 0.3 is 0 Å². The van der Waals surface area contributed by atoms with Crippen LogP contribution in [0.2, 0.25) is 5.02 Å². The van der Waals surface area contributed by atoms with E-state index in [-0.39, 0.29) is 11.2 Å². The SMILES string of the molecule is CC[C@]1(c2ccccc2F)[C@@H]2CCN(c3cnc4c(-c5ccc(-c6ncco6)cc5Cl)[nH]nc4n3)C[C@@H]21. The Bertz CT molecular complexity index is 1620. The minimum atomic E-state index is -0.0947. The highest BCUT2D eigenvalue weighted by Crippen LogP contribution is 2.65. The number of hydrogen-bond donors (Lipinski definition) is 1. The van der Waals surface area contributed by atoms with Gasteiger partial charge in [0.05, 0.1) is 23.1 Å². The number of piperidine rings is 1. The molecule has 3 aromatic heterocycles. The molecule has 0 radical (unpaired) electrons. The number of hydrogen-bond acceptors (Lipinski definition) is 6. The molecule has 5 aromatic rings. The Balaban J connectivity index is 1.16. The summed E-state index contributed by atoms with van der Waals surface area (Å²) >= 11 is 6.61. The zero-order chi connectivity index (χ0) is 25.1. The molecule has 4 heterocycles. The number of nitrogens with zero attached hydrogens (tertiary/aromatic N) is 5. The minimum absolute atomic E-state index is 0.0921. The number of H-pyrrole nitrogens is 1. The van der Waals surface area contributed by atoms with Crippen molar-refractivity contribution in [1.82, 2.24) is 25.1 Å². The summed E-state index contributed by atoms with van der Waals surface area (Å²) in [5, 5.41) is 8.03. The summed E-state index contributed by atoms with van der Waals surface area (Å²) in [5.41, 5.74) is 4.24. The van der Waals surface area contributed by atoms with Crippen molar-refractivity contribution >= 4 is 28.6 Å². The van der Waals surface area contributed by atoms with Gasteiger partial charge in [-0.3, -0.25) is 5.10 Å². The van der Waals surface area contributed by atoms with Crippen molar-refractivity contribution in [3.63, 3.8) is 0 Å². The Labute approximate surface area is 217 Å². The predicted octanol–water partition coefficient (Wildman–Crippen LogP) is 6.27. The second kappa shape index (κ2) is 8.38. The van der Waals surface area contributed by atoms with Crippen molar-refractivity contribution in [3.8, 4) is 22.7 Å². The number of anilines is 1. The molecule has 1 saturated heterocycles. The fraction of sp³-hybridized carbons (Fsp3) is 0.286. The first-order valence-corrected chi connectivity index (χ1v) is 12.9. The molecule has 186 valence electrons. The topological polar surface area (TPSA) is 83.7 Å². The Morgan fingerprint density at radius 3 is 2.86 bits per heavy atom. The van der Waals surface area contributed by atoms with E-state index >= 15 is 0 Å². The molecule has 1 aliphatic carbocycles. The molecule has 2 aliphatic rings. The first-order chi connectivity index (χ1) is 18.1. The predicted molar refractivity (Wildman–Crippen MR) is 140 cm³/mol. The molecule has 0 spiro atoms. The summed E-state index contributed by atoms with van der Waals surface area (Å²) in [6.07, 6.45) is 6.86. The van der Waals surface area contributed by atoms with Gasteiger partial charge in [0.2, 0.25) is 11.5 Å². The molecule has 9 heteroatoms. The van der Waals surface area contributed by atoms with E-state index in [0.717, 1.165) is 48.4 Å². The molecule has 0 unspecified atom stereocenters. The largest absolute Gasteiger partial charge is 0.445 e. The van der Waals surface area contributed by atoms with Crippen molar-refractivity contribution in [2.24, 2.45) is 11.8 Å². The highest BCUT2D eigenvalue weighted by molar-refractivity contribution is 6.33. The van der Waals surface area contributed by atoms with Gasteiger partial charge in [0.1, 0.15) is 23.4 Å². The van der Waals surface area contributed by atoms with Crippen LogP contribution in [0.5, 0.6) is 0 Å². The number of nitrogens with one attached hydrogen (secondary N) is 1. The molecule has 0 bridgehead atoms. The van der Waals surface area contributed by atoms with Crippen LogP contribution in [-0.2, 0) is 5.41 Å². The Kier molecular flexibility index (Phi) is 5.08. The zero-order valence-electron chi connectivity index (χ0n) is 20.2. The lowest BCUT2D eigenvalue weighted by Gasteiger charge is -2.26. The standard InChI is InChI=1S/C28H24ClFN6O/c1-2-28(19-5-3-4-6-22(19)30)18-9-11-36(15-20(18)28)23-14-32-25-24(34-35-26(25)33-23)17-8-7-16(13-21(17)29)27-31-10-12-37-27/h3-8,10,12-14,18,20H,2,9,11,15H2,1H3,(H,33,34,35)/t18-,20+,28-/m1/s1. The highest BCUT2D eigenvalue weighted by Gasteiger charge is 2.65. The molecule has 2 aromatic carbocycles. The third-order valence-corrected chi connectivity index (χ3v) is 8.59. The average Bonchev–Trinajstić information content (AvgIpc) is 3.26. The second-order valence-corrected chi connectivity index (χ2v) is 10.3. The first kappa shape index (κ1) is 22.4. The molecule has 1 N–H and O–H groups in total. The smallest absolute Gasteiger partial charge is 0.225 e. The van der Waals surface area contributed by atoms with E-state index in [1.165, 1.54) is 6.26 Å². The molecular weight excluding hydrogens is 491 g/mol. The molecule has 1 aliphatic heterocycles. The van der Waals surface area contributed by atoms with Crippen molar-refractivity contribution in [3.05, 3.63) is 77.5 Å². The summed E-state index contributed by atoms with van der Waals surface area (Å²) in [7, 11) is 0. The van der Waals surface area contributed by atoms with Crippen LogP contribution >= 0.6 is 11.6 Å². The van der Waals surface area contributed by atoms with E-state index in [9.17, 15) is 4.39 Å². The Morgan fingerprint density at radius 1 is 1.19 bits per heavy atom. The van der Waals surface area contributed by atoms with Gasteiger partial charge < -0.3 is 9.32 Å². The fourth-order valence-corrected chi connectivity index (χ4v) is 6.76. The van der Waals surface area contributed by atoms with Crippen molar-refractivity contribution in [1.29, 1.82) is 0 Å². The average molecular weight is 515 g/mol. The van der Waals surface area contributed by atoms with E-state index in [1.807, 2.05) is 30.3 Å². The fourth-order valence-electron chi connectivity index (χ4n) is 6.48.